The molecule has 0 bridgehead atoms. The molecule has 0 unspecified atom stereocenters. The zero-order valence-electron chi connectivity index (χ0n) is 9.06. The first kappa shape index (κ1) is 10.2. The molecular formula is C12H11BN2O2. The van der Waals surface area contributed by atoms with E-state index in [1.807, 2.05) is 58.8 Å². The summed E-state index contributed by atoms with van der Waals surface area (Å²) < 4.78 is 0. The summed E-state index contributed by atoms with van der Waals surface area (Å²) in [6.45, 7) is 0. The second-order valence-corrected chi connectivity index (χ2v) is 3.88. The molecule has 0 amide bonds. The lowest BCUT2D eigenvalue weighted by atomic mass is 9.74. The number of nitrogens with zero attached hydrogens (tertiary/aromatic N) is 2. The maximum atomic E-state index is 9.41. The average Bonchev–Trinajstić information content (AvgIpc) is 2.37. The van der Waals surface area contributed by atoms with E-state index in [-0.39, 0.29) is 0 Å². The summed E-state index contributed by atoms with van der Waals surface area (Å²) in [5.41, 5.74) is 2.26. The maximum absolute atomic E-state index is 9.41. The summed E-state index contributed by atoms with van der Waals surface area (Å²) in [6.07, 6.45) is 9.32. The quantitative estimate of drug-likeness (QED) is 0.704. The summed E-state index contributed by atoms with van der Waals surface area (Å²) >= 11 is 0. The van der Waals surface area contributed by atoms with Crippen molar-refractivity contribution in [3.05, 3.63) is 60.6 Å². The summed E-state index contributed by atoms with van der Waals surface area (Å²) in [5, 5.41) is 22.6. The Bertz CT molecular complexity index is 537. The minimum absolute atomic E-state index is 0.497. The maximum Gasteiger partial charge on any atom is 0.490 e. The summed E-state index contributed by atoms with van der Waals surface area (Å²) in [6, 6.07) is 7.63. The van der Waals surface area contributed by atoms with Crippen LogP contribution in [0.3, 0.4) is 0 Å². The Labute approximate surface area is 99.5 Å². The van der Waals surface area contributed by atoms with Gasteiger partial charge in [0, 0.05) is 29.6 Å². The van der Waals surface area contributed by atoms with E-state index in [2.05, 4.69) is 0 Å². The van der Waals surface area contributed by atoms with Crippen molar-refractivity contribution in [2.75, 3.05) is 5.01 Å². The Hall–Kier alpha value is -1.98. The topological polar surface area (TPSA) is 46.9 Å². The molecule has 2 heterocycles. The smallest absolute Gasteiger partial charge is 0.423 e. The molecule has 0 radical (unpaired) electrons. The monoisotopic (exact) mass is 226 g/mol. The zero-order valence-corrected chi connectivity index (χ0v) is 9.06. The van der Waals surface area contributed by atoms with Crippen LogP contribution in [-0.2, 0) is 0 Å². The number of rotatable bonds is 1. The molecule has 2 aliphatic heterocycles. The number of hydrogen-bond donors (Lipinski definition) is 2. The van der Waals surface area contributed by atoms with Crippen LogP contribution >= 0.6 is 0 Å². The Kier molecular flexibility index (Phi) is 2.28. The second-order valence-electron chi connectivity index (χ2n) is 3.88. The number of para-hydroxylation sites is 1. The second kappa shape index (κ2) is 3.80. The fourth-order valence-electron chi connectivity index (χ4n) is 2.06. The van der Waals surface area contributed by atoms with E-state index in [1.54, 1.807) is 6.20 Å². The fourth-order valence-corrected chi connectivity index (χ4v) is 2.06. The number of hydrogen-bond acceptors (Lipinski definition) is 4. The summed E-state index contributed by atoms with van der Waals surface area (Å²) in [5.74, 6) is 0. The van der Waals surface area contributed by atoms with Crippen LogP contribution in [0.25, 0.3) is 5.47 Å². The fraction of sp³-hybridized carbons (Fsp3) is 0. The van der Waals surface area contributed by atoms with Gasteiger partial charge in [-0.2, -0.15) is 0 Å². The van der Waals surface area contributed by atoms with E-state index in [9.17, 15) is 10.0 Å². The van der Waals surface area contributed by atoms with Crippen LogP contribution in [0.4, 0.5) is 5.69 Å². The molecule has 5 heteroatoms. The minimum Gasteiger partial charge on any atom is -0.423 e. The molecule has 17 heavy (non-hydrogen) atoms. The van der Waals surface area contributed by atoms with Crippen molar-refractivity contribution in [3.8, 4) is 0 Å². The molecule has 0 fully saturated rings. The van der Waals surface area contributed by atoms with Crippen LogP contribution in [0.2, 0.25) is 0 Å². The van der Waals surface area contributed by atoms with Crippen LogP contribution in [0.5, 0.6) is 0 Å². The lowest BCUT2D eigenvalue weighted by Crippen LogP contribution is -2.37. The molecule has 0 aromatic heterocycles. The first-order chi connectivity index (χ1) is 8.27. The highest BCUT2D eigenvalue weighted by molar-refractivity contribution is 6.66. The molecule has 0 atom stereocenters. The summed E-state index contributed by atoms with van der Waals surface area (Å²) in [4.78, 5) is 0. The van der Waals surface area contributed by atoms with Crippen molar-refractivity contribution >= 4 is 18.3 Å². The molecule has 2 N–H and O–H groups in total. The van der Waals surface area contributed by atoms with E-state index in [0.717, 1.165) is 11.3 Å². The van der Waals surface area contributed by atoms with Crippen molar-refractivity contribution in [2.45, 2.75) is 0 Å². The molecule has 4 nitrogen and oxygen atoms in total. The van der Waals surface area contributed by atoms with E-state index in [1.165, 1.54) is 0 Å². The molecule has 0 saturated heterocycles. The van der Waals surface area contributed by atoms with Gasteiger partial charge in [0.2, 0.25) is 0 Å². The van der Waals surface area contributed by atoms with Crippen LogP contribution in [0.1, 0.15) is 5.56 Å². The predicted molar refractivity (Wildman–Crippen MR) is 67.2 cm³/mol. The predicted octanol–water partition coefficient (Wildman–Crippen LogP) is 1.12. The van der Waals surface area contributed by atoms with Gasteiger partial charge in [0.25, 0.3) is 0 Å². The van der Waals surface area contributed by atoms with Crippen LogP contribution in [0, 0.1) is 0 Å². The number of allylic oxidation sites excluding steroid dienone is 2. The average molecular weight is 226 g/mol. The van der Waals surface area contributed by atoms with Gasteiger partial charge in [-0.1, -0.05) is 18.2 Å². The Morgan fingerprint density at radius 3 is 2.59 bits per heavy atom. The Morgan fingerprint density at radius 2 is 1.76 bits per heavy atom. The Balaban J connectivity index is 2.18. The van der Waals surface area contributed by atoms with Gasteiger partial charge in [-0.25, -0.2) is 0 Å². The zero-order chi connectivity index (χ0) is 11.8. The first-order valence-corrected chi connectivity index (χ1v) is 5.37. The number of hydrazine groups is 1. The van der Waals surface area contributed by atoms with Gasteiger partial charge in [0.15, 0.2) is 0 Å². The number of benzene rings is 1. The molecule has 2 aliphatic rings. The molecular weight excluding hydrogens is 215 g/mol. The molecule has 1 aromatic carbocycles. The van der Waals surface area contributed by atoms with E-state index in [0.29, 0.717) is 5.47 Å². The molecule has 3 rings (SSSR count). The van der Waals surface area contributed by atoms with Gasteiger partial charge in [-0.05, 0) is 18.2 Å². The lowest BCUT2D eigenvalue weighted by Gasteiger charge is -2.37. The van der Waals surface area contributed by atoms with Gasteiger partial charge in [-0.15, -0.1) is 0 Å². The van der Waals surface area contributed by atoms with E-state index < -0.39 is 7.12 Å². The minimum atomic E-state index is -1.47. The van der Waals surface area contributed by atoms with Crippen LogP contribution < -0.4 is 5.01 Å². The van der Waals surface area contributed by atoms with Crippen molar-refractivity contribution in [2.24, 2.45) is 0 Å². The largest absolute Gasteiger partial charge is 0.490 e. The van der Waals surface area contributed by atoms with Crippen molar-refractivity contribution < 1.29 is 10.0 Å². The highest BCUT2D eigenvalue weighted by Gasteiger charge is 2.28. The Morgan fingerprint density at radius 1 is 1.00 bits per heavy atom. The summed E-state index contributed by atoms with van der Waals surface area (Å²) in [7, 11) is -1.47. The van der Waals surface area contributed by atoms with Crippen LogP contribution in [-0.4, -0.2) is 22.2 Å². The van der Waals surface area contributed by atoms with Crippen molar-refractivity contribution in [3.63, 3.8) is 0 Å². The lowest BCUT2D eigenvalue weighted by molar-refractivity contribution is 0.423. The highest BCUT2D eigenvalue weighted by atomic mass is 16.4. The SMILES string of the molecule is OB(O)C1=CN2C=CC=CN2c2ccccc21. The number of anilines is 1. The van der Waals surface area contributed by atoms with E-state index in [4.69, 9.17) is 0 Å². The van der Waals surface area contributed by atoms with Gasteiger partial charge in [-0.3, -0.25) is 10.0 Å². The van der Waals surface area contributed by atoms with Gasteiger partial charge in [0.05, 0.1) is 5.69 Å². The van der Waals surface area contributed by atoms with Crippen molar-refractivity contribution in [1.82, 2.24) is 5.01 Å². The third-order valence-electron chi connectivity index (χ3n) is 2.84. The van der Waals surface area contributed by atoms with Gasteiger partial charge >= 0.3 is 7.12 Å². The van der Waals surface area contributed by atoms with Gasteiger partial charge in [0.1, 0.15) is 0 Å². The molecule has 0 saturated carbocycles. The normalized spacial score (nSPS) is 16.5. The third-order valence-corrected chi connectivity index (χ3v) is 2.84. The first-order valence-electron chi connectivity index (χ1n) is 5.37. The molecule has 0 aliphatic carbocycles. The number of fused-ring (bicyclic) bond motifs is 3. The third kappa shape index (κ3) is 1.56. The highest BCUT2D eigenvalue weighted by Crippen LogP contribution is 2.35. The molecule has 84 valence electrons. The van der Waals surface area contributed by atoms with Gasteiger partial charge < -0.3 is 10.0 Å². The van der Waals surface area contributed by atoms with E-state index >= 15 is 0 Å². The van der Waals surface area contributed by atoms with Crippen LogP contribution in [0.15, 0.2) is 55.0 Å². The molecule has 0 spiro atoms. The van der Waals surface area contributed by atoms with Crippen molar-refractivity contribution in [1.29, 1.82) is 0 Å². The standard InChI is InChI=1S/C12H11BN2O2/c16-13(17)11-9-14-7-3-4-8-15(14)12-6-2-1-5-10(11)12/h1-9,16-17H. The molecule has 1 aromatic rings.